The monoisotopic (exact) mass is 308 g/mol. The van der Waals surface area contributed by atoms with Crippen LogP contribution < -0.4 is 10.6 Å². The lowest BCUT2D eigenvalue weighted by molar-refractivity contribution is -0.118. The van der Waals surface area contributed by atoms with E-state index in [0.717, 1.165) is 38.8 Å². The first-order valence-corrected chi connectivity index (χ1v) is 8.32. The summed E-state index contributed by atoms with van der Waals surface area (Å²) >= 11 is 0. The molecule has 0 aliphatic rings. The molecule has 0 rings (SSSR count). The maximum Gasteiger partial charge on any atom is 0.246 e. The maximum atomic E-state index is 11.2. The average Bonchev–Trinajstić information content (AvgIpc) is 2.47. The standard InChI is InChI=1S/C18H32N2O2/c1-15(2)17(21)19-13-11-9-7-5-6-8-10-12-14-20-18(22)16(3)4/h1,3,5-14H2,2,4H3,(H,19,21)(H,20,22). The fourth-order valence-corrected chi connectivity index (χ4v) is 2.02. The fourth-order valence-electron chi connectivity index (χ4n) is 2.02. The van der Waals surface area contributed by atoms with E-state index in [1.54, 1.807) is 13.8 Å². The minimum Gasteiger partial charge on any atom is -0.352 e. The highest BCUT2D eigenvalue weighted by Gasteiger charge is 2.00. The highest BCUT2D eigenvalue weighted by molar-refractivity contribution is 5.92. The first-order valence-electron chi connectivity index (χ1n) is 8.32. The van der Waals surface area contributed by atoms with Crippen LogP contribution in [0.3, 0.4) is 0 Å². The van der Waals surface area contributed by atoms with Crippen molar-refractivity contribution in [3.63, 3.8) is 0 Å². The summed E-state index contributed by atoms with van der Waals surface area (Å²) in [4.78, 5) is 22.5. The van der Waals surface area contributed by atoms with Crippen molar-refractivity contribution in [1.29, 1.82) is 0 Å². The van der Waals surface area contributed by atoms with Gasteiger partial charge in [-0.2, -0.15) is 0 Å². The van der Waals surface area contributed by atoms with E-state index >= 15 is 0 Å². The summed E-state index contributed by atoms with van der Waals surface area (Å²) in [7, 11) is 0. The molecule has 0 unspecified atom stereocenters. The van der Waals surface area contributed by atoms with Crippen molar-refractivity contribution in [3.05, 3.63) is 24.3 Å². The zero-order chi connectivity index (χ0) is 16.8. The Balaban J connectivity index is 3.21. The van der Waals surface area contributed by atoms with Gasteiger partial charge in [-0.15, -0.1) is 0 Å². The van der Waals surface area contributed by atoms with E-state index in [0.29, 0.717) is 11.1 Å². The van der Waals surface area contributed by atoms with E-state index in [1.165, 1.54) is 25.7 Å². The van der Waals surface area contributed by atoms with E-state index in [1.807, 2.05) is 0 Å². The van der Waals surface area contributed by atoms with Crippen LogP contribution in [-0.4, -0.2) is 24.9 Å². The molecule has 0 saturated carbocycles. The molecule has 0 heterocycles. The molecule has 4 nitrogen and oxygen atoms in total. The van der Waals surface area contributed by atoms with Crippen molar-refractivity contribution in [3.8, 4) is 0 Å². The summed E-state index contributed by atoms with van der Waals surface area (Å²) in [6.07, 6.45) is 9.30. The molecule has 0 bridgehead atoms. The molecule has 0 spiro atoms. The lowest BCUT2D eigenvalue weighted by Crippen LogP contribution is -2.24. The third kappa shape index (κ3) is 12.2. The Bertz CT molecular complexity index is 339. The van der Waals surface area contributed by atoms with Gasteiger partial charge in [0.05, 0.1) is 0 Å². The van der Waals surface area contributed by atoms with Gasteiger partial charge in [-0.05, 0) is 26.7 Å². The quantitative estimate of drug-likeness (QED) is 0.404. The highest BCUT2D eigenvalue weighted by atomic mass is 16.2. The number of hydrogen-bond donors (Lipinski definition) is 2. The first-order chi connectivity index (χ1) is 10.4. The molecule has 0 aromatic carbocycles. The molecule has 0 fully saturated rings. The number of unbranched alkanes of at least 4 members (excludes halogenated alkanes) is 7. The number of rotatable bonds is 13. The largest absolute Gasteiger partial charge is 0.352 e. The molecular formula is C18H32N2O2. The molecule has 0 saturated heterocycles. The number of amides is 2. The van der Waals surface area contributed by atoms with Crippen LogP contribution in [0.2, 0.25) is 0 Å². The van der Waals surface area contributed by atoms with Crippen molar-refractivity contribution >= 4 is 11.8 Å². The van der Waals surface area contributed by atoms with Gasteiger partial charge in [-0.1, -0.05) is 51.7 Å². The third-order valence-electron chi connectivity index (χ3n) is 3.45. The third-order valence-corrected chi connectivity index (χ3v) is 3.45. The number of carbonyl (C=O) groups excluding carboxylic acids is 2. The Morgan fingerprint density at radius 1 is 0.636 bits per heavy atom. The summed E-state index contributed by atoms with van der Waals surface area (Å²) in [5.74, 6) is -0.0857. The molecule has 22 heavy (non-hydrogen) atoms. The molecule has 0 atom stereocenters. The molecule has 126 valence electrons. The highest BCUT2D eigenvalue weighted by Crippen LogP contribution is 2.08. The number of nitrogens with one attached hydrogen (secondary N) is 2. The molecule has 0 aromatic rings. The van der Waals surface area contributed by atoms with Gasteiger partial charge >= 0.3 is 0 Å². The Hall–Kier alpha value is -1.58. The van der Waals surface area contributed by atoms with Crippen LogP contribution >= 0.6 is 0 Å². The summed E-state index contributed by atoms with van der Waals surface area (Å²) in [6, 6.07) is 0. The normalized spacial score (nSPS) is 10.1. The summed E-state index contributed by atoms with van der Waals surface area (Å²) in [5, 5.41) is 5.69. The number of hydrogen-bond acceptors (Lipinski definition) is 2. The van der Waals surface area contributed by atoms with Crippen molar-refractivity contribution in [2.45, 2.75) is 65.2 Å². The van der Waals surface area contributed by atoms with E-state index in [4.69, 9.17) is 0 Å². The van der Waals surface area contributed by atoms with Gasteiger partial charge < -0.3 is 10.6 Å². The second-order valence-electron chi connectivity index (χ2n) is 5.90. The lowest BCUT2D eigenvalue weighted by Gasteiger charge is -2.05. The van der Waals surface area contributed by atoms with Gasteiger partial charge in [0.25, 0.3) is 0 Å². The SMILES string of the molecule is C=C(C)C(=O)NCCCCCCCCCCNC(=O)C(=C)C. The van der Waals surface area contributed by atoms with Crippen LogP contribution in [0.4, 0.5) is 0 Å². The fraction of sp³-hybridized carbons (Fsp3) is 0.667. The molecule has 0 aliphatic carbocycles. The molecule has 2 N–H and O–H groups in total. The van der Waals surface area contributed by atoms with Crippen molar-refractivity contribution in [1.82, 2.24) is 10.6 Å². The summed E-state index contributed by atoms with van der Waals surface area (Å²) < 4.78 is 0. The van der Waals surface area contributed by atoms with Crippen LogP contribution in [0.1, 0.15) is 65.2 Å². The predicted octanol–water partition coefficient (Wildman–Crippen LogP) is 3.49. The van der Waals surface area contributed by atoms with E-state index in [2.05, 4.69) is 23.8 Å². The minimum absolute atomic E-state index is 0.0428. The van der Waals surface area contributed by atoms with Crippen molar-refractivity contribution in [2.24, 2.45) is 0 Å². The van der Waals surface area contributed by atoms with Gasteiger partial charge in [0.2, 0.25) is 11.8 Å². The maximum absolute atomic E-state index is 11.2. The summed E-state index contributed by atoms with van der Waals surface area (Å²) in [5.41, 5.74) is 1.14. The van der Waals surface area contributed by atoms with Gasteiger partial charge in [0.15, 0.2) is 0 Å². The Labute approximate surface area is 135 Å². The predicted molar refractivity (Wildman–Crippen MR) is 92.6 cm³/mol. The van der Waals surface area contributed by atoms with E-state index in [9.17, 15) is 9.59 Å². The van der Waals surface area contributed by atoms with E-state index < -0.39 is 0 Å². The zero-order valence-electron chi connectivity index (χ0n) is 14.3. The van der Waals surface area contributed by atoms with Crippen LogP contribution in [0.25, 0.3) is 0 Å². The molecular weight excluding hydrogens is 276 g/mol. The van der Waals surface area contributed by atoms with Crippen molar-refractivity contribution in [2.75, 3.05) is 13.1 Å². The first kappa shape index (κ1) is 20.4. The van der Waals surface area contributed by atoms with Gasteiger partial charge in [-0.25, -0.2) is 0 Å². The van der Waals surface area contributed by atoms with Gasteiger partial charge in [0, 0.05) is 24.2 Å². The van der Waals surface area contributed by atoms with Crippen molar-refractivity contribution < 1.29 is 9.59 Å². The van der Waals surface area contributed by atoms with E-state index in [-0.39, 0.29) is 11.8 Å². The summed E-state index contributed by atoms with van der Waals surface area (Å²) in [6.45, 7) is 12.1. The van der Waals surface area contributed by atoms with Crippen LogP contribution in [0.5, 0.6) is 0 Å². The topological polar surface area (TPSA) is 58.2 Å². The average molecular weight is 308 g/mol. The molecule has 0 aromatic heterocycles. The second kappa shape index (κ2) is 13.1. The molecule has 0 radical (unpaired) electrons. The zero-order valence-corrected chi connectivity index (χ0v) is 14.3. The van der Waals surface area contributed by atoms with Crippen LogP contribution in [0.15, 0.2) is 24.3 Å². The van der Waals surface area contributed by atoms with Gasteiger partial charge in [0.1, 0.15) is 0 Å². The minimum atomic E-state index is -0.0428. The molecule has 0 aliphatic heterocycles. The second-order valence-corrected chi connectivity index (χ2v) is 5.90. The molecule has 2 amide bonds. The number of carbonyl (C=O) groups is 2. The Morgan fingerprint density at radius 3 is 1.18 bits per heavy atom. The van der Waals surface area contributed by atoms with Crippen LogP contribution in [0, 0.1) is 0 Å². The smallest absolute Gasteiger partial charge is 0.246 e. The van der Waals surface area contributed by atoms with Gasteiger partial charge in [-0.3, -0.25) is 9.59 Å². The van der Waals surface area contributed by atoms with Crippen LogP contribution in [-0.2, 0) is 9.59 Å². The molecule has 4 heteroatoms. The Morgan fingerprint density at radius 2 is 0.909 bits per heavy atom. The lowest BCUT2D eigenvalue weighted by atomic mass is 10.1. The Kier molecular flexibility index (Phi) is 12.2.